The lowest BCUT2D eigenvalue weighted by Crippen LogP contribution is -2.45. The van der Waals surface area contributed by atoms with E-state index in [1.807, 2.05) is 43.7 Å². The summed E-state index contributed by atoms with van der Waals surface area (Å²) in [7, 11) is 1.59. The molecule has 1 atom stereocenters. The van der Waals surface area contributed by atoms with Crippen molar-refractivity contribution in [2.75, 3.05) is 24.8 Å². The Bertz CT molecular complexity index is 1650. The maximum atomic E-state index is 14.0. The summed E-state index contributed by atoms with van der Waals surface area (Å²) in [6, 6.07) is 12.0. The Labute approximate surface area is 268 Å². The highest BCUT2D eigenvalue weighted by atomic mass is 28.4. The number of aryl methyl sites for hydroxylation is 3. The number of carbonyl (C=O) groups excluding carboxylic acids is 1. The number of anilines is 3. The fraction of sp³-hybridized carbons (Fsp3) is 0.429. The minimum absolute atomic E-state index is 0.135. The number of nitrogens with one attached hydrogen (secondary N) is 2. The molecule has 2 aliphatic rings. The van der Waals surface area contributed by atoms with Crippen LogP contribution < -0.4 is 15.4 Å². The number of benzene rings is 2. The predicted molar refractivity (Wildman–Crippen MR) is 184 cm³/mol. The van der Waals surface area contributed by atoms with Gasteiger partial charge in [-0.05, 0) is 72.6 Å². The number of allylic oxidation sites excluding steroid dienone is 1. The monoisotopic (exact) mass is 627 g/mol. The number of ether oxygens (including phenoxy) is 1. The van der Waals surface area contributed by atoms with Crippen molar-refractivity contribution in [3.63, 3.8) is 0 Å². The third-order valence-electron chi connectivity index (χ3n) is 9.48. The minimum Gasteiger partial charge on any atom is -0.495 e. The zero-order chi connectivity index (χ0) is 32.6. The summed E-state index contributed by atoms with van der Waals surface area (Å²) in [6.45, 7) is 16.0. The van der Waals surface area contributed by atoms with Gasteiger partial charge in [-0.25, -0.2) is 14.8 Å². The maximum Gasteiger partial charge on any atom is 0.452 e. The molecule has 1 aliphatic heterocycles. The number of rotatable bonds is 9. The zero-order valence-corrected chi connectivity index (χ0v) is 29.2. The molecule has 5 rings (SSSR count). The summed E-state index contributed by atoms with van der Waals surface area (Å²) in [6.07, 6.45) is 6.89. The van der Waals surface area contributed by atoms with E-state index in [-0.39, 0.29) is 15.7 Å². The molecule has 2 heterocycles. The van der Waals surface area contributed by atoms with Gasteiger partial charge in [-0.2, -0.15) is 0 Å². The second kappa shape index (κ2) is 12.5. The van der Waals surface area contributed by atoms with Crippen LogP contribution in [-0.4, -0.2) is 49.3 Å². The lowest BCUT2D eigenvalue weighted by Gasteiger charge is -2.36. The van der Waals surface area contributed by atoms with Crippen LogP contribution in [0.25, 0.3) is 5.70 Å². The maximum absolute atomic E-state index is 14.0. The van der Waals surface area contributed by atoms with Crippen molar-refractivity contribution in [2.24, 2.45) is 5.10 Å². The summed E-state index contributed by atoms with van der Waals surface area (Å²) in [4.78, 5) is 23.6. The zero-order valence-electron chi connectivity index (χ0n) is 28.2. The van der Waals surface area contributed by atoms with Crippen LogP contribution in [0.2, 0.25) is 18.1 Å². The summed E-state index contributed by atoms with van der Waals surface area (Å²) in [5.74, 6) is 1.10. The second-order valence-electron chi connectivity index (χ2n) is 13.4. The van der Waals surface area contributed by atoms with E-state index >= 15 is 0 Å². The van der Waals surface area contributed by atoms with Gasteiger partial charge in [-0.3, -0.25) is 5.32 Å². The molecule has 1 aromatic heterocycles. The molecule has 0 bridgehead atoms. The molecule has 2 N–H and O–H groups in total. The number of hydrogen-bond donors (Lipinski definition) is 2. The van der Waals surface area contributed by atoms with Crippen molar-refractivity contribution in [1.29, 1.82) is 0 Å². The van der Waals surface area contributed by atoms with Crippen LogP contribution in [-0.2, 0) is 30.3 Å². The largest absolute Gasteiger partial charge is 0.495 e. The van der Waals surface area contributed by atoms with Crippen molar-refractivity contribution < 1.29 is 18.5 Å². The normalized spacial score (nSPS) is 17.6. The van der Waals surface area contributed by atoms with Gasteiger partial charge in [0.1, 0.15) is 18.5 Å². The molecule has 0 fully saturated rings. The highest BCUT2D eigenvalue weighted by Gasteiger charge is 2.47. The number of hydrogen-bond acceptors (Lipinski definition) is 7. The number of quaternary nitrogens is 1. The first-order valence-corrected chi connectivity index (χ1v) is 18.7. The Kier molecular flexibility index (Phi) is 9.03. The van der Waals surface area contributed by atoms with Gasteiger partial charge in [0, 0.05) is 17.3 Å². The molecule has 0 saturated heterocycles. The van der Waals surface area contributed by atoms with Crippen LogP contribution in [0.15, 0.2) is 53.3 Å². The average molecular weight is 628 g/mol. The van der Waals surface area contributed by atoms with Crippen molar-refractivity contribution in [3.8, 4) is 5.75 Å². The van der Waals surface area contributed by atoms with Crippen molar-refractivity contribution in [2.45, 2.75) is 85.0 Å². The molecule has 1 aliphatic carbocycles. The van der Waals surface area contributed by atoms with Gasteiger partial charge in [0.15, 0.2) is 14.0 Å². The third-order valence-corrected chi connectivity index (χ3v) is 14.0. The van der Waals surface area contributed by atoms with Gasteiger partial charge < -0.3 is 14.5 Å². The van der Waals surface area contributed by atoms with E-state index in [1.165, 1.54) is 0 Å². The molecule has 10 heteroatoms. The highest BCUT2D eigenvalue weighted by molar-refractivity contribution is 6.74. The highest BCUT2D eigenvalue weighted by Crippen LogP contribution is 2.41. The fourth-order valence-electron chi connectivity index (χ4n) is 5.55. The molecule has 9 nitrogen and oxygen atoms in total. The topological polar surface area (TPSA) is 97.7 Å². The molecule has 238 valence electrons. The number of aromatic nitrogens is 2. The Morgan fingerprint density at radius 3 is 2.42 bits per heavy atom. The number of fused-ring (bicyclic) bond motifs is 2. The summed E-state index contributed by atoms with van der Waals surface area (Å²) in [5.41, 5.74) is 8.43. The number of para-hydroxylation sites is 1. The molecule has 2 aromatic carbocycles. The van der Waals surface area contributed by atoms with E-state index in [4.69, 9.17) is 19.2 Å². The van der Waals surface area contributed by atoms with Crippen molar-refractivity contribution in [1.82, 2.24) is 9.97 Å². The number of carbonyl (C=O) groups is 1. The number of urea groups is 1. The summed E-state index contributed by atoms with van der Waals surface area (Å²) >= 11 is 0. The Hall–Kier alpha value is -3.86. The van der Waals surface area contributed by atoms with Crippen LogP contribution in [0, 0.1) is 0 Å². The second-order valence-corrected chi connectivity index (χ2v) is 18.3. The lowest BCUT2D eigenvalue weighted by atomic mass is 9.94. The average Bonchev–Trinajstić information content (AvgIpc) is 3.38. The van der Waals surface area contributed by atoms with E-state index in [0.29, 0.717) is 18.3 Å². The van der Waals surface area contributed by atoms with Crippen LogP contribution in [0.3, 0.4) is 0 Å². The van der Waals surface area contributed by atoms with Gasteiger partial charge in [0.25, 0.3) is 0 Å². The van der Waals surface area contributed by atoms with Crippen LogP contribution in [0.5, 0.6) is 5.75 Å². The van der Waals surface area contributed by atoms with Gasteiger partial charge >= 0.3 is 6.03 Å². The molecule has 2 amide bonds. The third kappa shape index (κ3) is 6.32. The first kappa shape index (κ1) is 32.5. The van der Waals surface area contributed by atoms with E-state index in [2.05, 4.69) is 75.5 Å². The molecular formula is C35H47N6O3Si+. The molecule has 0 radical (unpaired) electrons. The Morgan fingerprint density at radius 2 is 1.78 bits per heavy atom. The van der Waals surface area contributed by atoms with Gasteiger partial charge in [0.05, 0.1) is 31.3 Å². The number of methoxy groups -OCH3 is 1. The lowest BCUT2D eigenvalue weighted by molar-refractivity contribution is -0.756. The van der Waals surface area contributed by atoms with E-state index in [1.54, 1.807) is 7.11 Å². The standard InChI is InChI=1S/C35H46N6O3Si/c1-10-24-13-12-14-25(11-2)30(24)40-34(42)41(6)32-27(21-37-41)17-16-26-20-36-33(39-31(26)32)38-28-18-15-23(19-29(28)43-7)22-44-45(8,9)35(3,4)5/h12-15,18-21H,10-11,16-17,22H2,1-9H3,(H-,36,38,39,40,42)/p+1. The van der Waals surface area contributed by atoms with Crippen LogP contribution in [0.4, 0.5) is 22.1 Å². The Balaban J connectivity index is 1.41. The first-order valence-electron chi connectivity index (χ1n) is 15.8. The fourth-order valence-corrected chi connectivity index (χ4v) is 6.51. The van der Waals surface area contributed by atoms with E-state index in [9.17, 15) is 4.79 Å². The molecule has 0 spiro atoms. The minimum atomic E-state index is -1.89. The number of nitrogens with zero attached hydrogens (tertiary/aromatic N) is 4. The van der Waals surface area contributed by atoms with Gasteiger partial charge in [-0.15, -0.1) is 0 Å². The number of amides is 2. The molecular weight excluding hydrogens is 581 g/mol. The van der Waals surface area contributed by atoms with Gasteiger partial charge in [0.2, 0.25) is 5.95 Å². The smallest absolute Gasteiger partial charge is 0.452 e. The Morgan fingerprint density at radius 1 is 1.07 bits per heavy atom. The van der Waals surface area contributed by atoms with Gasteiger partial charge in [-0.1, -0.05) is 68.6 Å². The van der Waals surface area contributed by atoms with Crippen molar-refractivity contribution in [3.05, 3.63) is 76.1 Å². The summed E-state index contributed by atoms with van der Waals surface area (Å²) in [5, 5.41) is 11.5. The molecule has 3 aromatic rings. The quantitative estimate of drug-likeness (QED) is 0.183. The molecule has 45 heavy (non-hydrogen) atoms. The van der Waals surface area contributed by atoms with Crippen molar-refractivity contribution >= 4 is 43.6 Å². The predicted octanol–water partition coefficient (Wildman–Crippen LogP) is 8.21. The SMILES string of the molecule is CCc1cccc(CC)c1NC(=O)[N+]1(C)N=CC2=C1c1nc(Nc3ccc(CO[Si](C)(C)C(C)(C)C)cc3OC)ncc1CC2. The molecule has 1 unspecified atom stereocenters. The van der Waals surface area contributed by atoms with E-state index < -0.39 is 8.32 Å². The first-order chi connectivity index (χ1) is 21.3. The summed E-state index contributed by atoms with van der Waals surface area (Å²) < 4.78 is 11.9. The van der Waals surface area contributed by atoms with Crippen LogP contribution >= 0.6 is 0 Å². The van der Waals surface area contributed by atoms with E-state index in [0.717, 1.165) is 76.3 Å². The molecule has 0 saturated carbocycles. The van der Waals surface area contributed by atoms with Crippen LogP contribution in [0.1, 0.15) is 69.0 Å².